The topological polar surface area (TPSA) is 79.8 Å². The molecule has 0 aliphatic heterocycles. The fourth-order valence-electron chi connectivity index (χ4n) is 2.34. The van der Waals surface area contributed by atoms with E-state index in [2.05, 4.69) is 15.3 Å². The van der Waals surface area contributed by atoms with Crippen LogP contribution in [0.4, 0.5) is 0 Å². The van der Waals surface area contributed by atoms with Gasteiger partial charge < -0.3 is 14.9 Å². The lowest BCUT2D eigenvalue weighted by Gasteiger charge is -2.11. The molecule has 23 heavy (non-hydrogen) atoms. The molecule has 116 valence electrons. The van der Waals surface area contributed by atoms with Crippen molar-refractivity contribution in [1.29, 1.82) is 0 Å². The molecule has 0 fully saturated rings. The summed E-state index contributed by atoms with van der Waals surface area (Å²) in [5.41, 5.74) is 2.31. The van der Waals surface area contributed by atoms with Crippen molar-refractivity contribution in [3.05, 3.63) is 82.3 Å². The number of rotatable bonds is 4. The summed E-state index contributed by atoms with van der Waals surface area (Å²) < 4.78 is 1.88. The Morgan fingerprint density at radius 2 is 2.09 bits per heavy atom. The highest BCUT2D eigenvalue weighted by Crippen LogP contribution is 2.13. The molecule has 3 aromatic rings. The van der Waals surface area contributed by atoms with Crippen LogP contribution in [0.15, 0.2) is 59.9 Å². The molecule has 6 nitrogen and oxygen atoms in total. The van der Waals surface area contributed by atoms with Crippen LogP contribution in [0.5, 0.6) is 0 Å². The van der Waals surface area contributed by atoms with E-state index in [4.69, 9.17) is 0 Å². The van der Waals surface area contributed by atoms with Gasteiger partial charge in [-0.15, -0.1) is 0 Å². The van der Waals surface area contributed by atoms with Gasteiger partial charge in [0.1, 0.15) is 5.56 Å². The summed E-state index contributed by atoms with van der Waals surface area (Å²) in [4.78, 5) is 30.7. The summed E-state index contributed by atoms with van der Waals surface area (Å²) in [5.74, 6) is -0.397. The molecule has 1 amide bonds. The van der Waals surface area contributed by atoms with Gasteiger partial charge in [0.05, 0.1) is 12.0 Å². The zero-order valence-corrected chi connectivity index (χ0v) is 12.6. The maximum atomic E-state index is 12.2. The van der Waals surface area contributed by atoms with Gasteiger partial charge in [0.2, 0.25) is 0 Å². The second-order valence-electron chi connectivity index (χ2n) is 5.17. The average molecular weight is 308 g/mol. The van der Waals surface area contributed by atoms with Crippen molar-refractivity contribution in [2.45, 2.75) is 13.5 Å². The molecule has 0 bridgehead atoms. The lowest BCUT2D eigenvalue weighted by atomic mass is 10.1. The molecule has 0 aliphatic rings. The summed E-state index contributed by atoms with van der Waals surface area (Å²) in [7, 11) is 0. The van der Waals surface area contributed by atoms with Crippen LogP contribution in [-0.4, -0.2) is 20.4 Å². The number of hydrogen-bond acceptors (Lipinski definition) is 3. The van der Waals surface area contributed by atoms with Crippen LogP contribution >= 0.6 is 0 Å². The maximum absolute atomic E-state index is 12.2. The Morgan fingerprint density at radius 1 is 1.26 bits per heavy atom. The largest absolute Gasteiger partial charge is 0.348 e. The number of nitrogens with zero attached hydrogens (tertiary/aromatic N) is 2. The van der Waals surface area contributed by atoms with Crippen LogP contribution < -0.4 is 10.9 Å². The van der Waals surface area contributed by atoms with Gasteiger partial charge in [0.15, 0.2) is 0 Å². The number of para-hydroxylation sites is 1. The highest BCUT2D eigenvalue weighted by molar-refractivity contribution is 5.93. The predicted molar refractivity (Wildman–Crippen MR) is 86.5 cm³/mol. The third-order valence-electron chi connectivity index (χ3n) is 3.51. The standard InChI is InChI=1S/C17H16N4O2/c1-12-6-7-14(17(23)20-12)16(22)19-10-13-4-2-3-5-15(13)21-9-8-18-11-21/h2-9,11H,10H2,1H3,(H,19,22)(H,20,23). The van der Waals surface area contributed by atoms with E-state index in [1.165, 1.54) is 6.07 Å². The molecular weight excluding hydrogens is 292 g/mol. The van der Waals surface area contributed by atoms with E-state index in [0.29, 0.717) is 6.54 Å². The molecular formula is C17H16N4O2. The Hall–Kier alpha value is -3.15. The van der Waals surface area contributed by atoms with Gasteiger partial charge >= 0.3 is 0 Å². The number of nitrogens with one attached hydrogen (secondary N) is 2. The summed E-state index contributed by atoms with van der Waals surface area (Å²) in [6, 6.07) is 10.9. The number of amides is 1. The molecule has 0 radical (unpaired) electrons. The number of aryl methyl sites for hydroxylation is 1. The first-order chi connectivity index (χ1) is 11.1. The lowest BCUT2D eigenvalue weighted by Crippen LogP contribution is -2.29. The number of pyridine rings is 1. The van der Waals surface area contributed by atoms with E-state index in [0.717, 1.165) is 16.9 Å². The van der Waals surface area contributed by atoms with Gasteiger partial charge in [0, 0.05) is 24.6 Å². The van der Waals surface area contributed by atoms with Crippen LogP contribution in [0.2, 0.25) is 0 Å². The molecule has 0 aliphatic carbocycles. The number of H-pyrrole nitrogens is 1. The van der Waals surface area contributed by atoms with Crippen LogP contribution in [-0.2, 0) is 6.54 Å². The van der Waals surface area contributed by atoms with Crippen molar-refractivity contribution in [2.75, 3.05) is 0 Å². The van der Waals surface area contributed by atoms with Crippen LogP contribution in [0.1, 0.15) is 21.6 Å². The Kier molecular flexibility index (Phi) is 4.05. The van der Waals surface area contributed by atoms with Crippen LogP contribution in [0.25, 0.3) is 5.69 Å². The molecule has 0 saturated carbocycles. The van der Waals surface area contributed by atoms with Gasteiger partial charge in [-0.05, 0) is 30.7 Å². The number of imidazole rings is 1. The molecule has 2 heterocycles. The minimum atomic E-state index is -0.397. The van der Waals surface area contributed by atoms with Crippen molar-refractivity contribution in [1.82, 2.24) is 19.9 Å². The molecule has 0 unspecified atom stereocenters. The normalized spacial score (nSPS) is 10.5. The molecule has 2 aromatic heterocycles. The first-order valence-corrected chi connectivity index (χ1v) is 7.19. The summed E-state index contributed by atoms with van der Waals surface area (Å²) in [5, 5.41) is 2.79. The van der Waals surface area contributed by atoms with Crippen molar-refractivity contribution >= 4 is 5.91 Å². The van der Waals surface area contributed by atoms with Crippen molar-refractivity contribution in [2.24, 2.45) is 0 Å². The summed E-state index contributed by atoms with van der Waals surface area (Å²) >= 11 is 0. The third-order valence-corrected chi connectivity index (χ3v) is 3.51. The minimum absolute atomic E-state index is 0.107. The Balaban J connectivity index is 1.79. The van der Waals surface area contributed by atoms with E-state index in [1.54, 1.807) is 25.5 Å². The molecule has 3 rings (SSSR count). The van der Waals surface area contributed by atoms with Crippen molar-refractivity contribution in [3.63, 3.8) is 0 Å². The Labute approximate surface area is 132 Å². The Bertz CT molecular complexity index is 882. The molecule has 2 N–H and O–H groups in total. The van der Waals surface area contributed by atoms with E-state index in [9.17, 15) is 9.59 Å². The first kappa shape index (κ1) is 14.8. The maximum Gasteiger partial charge on any atom is 0.260 e. The van der Waals surface area contributed by atoms with Crippen LogP contribution in [0, 0.1) is 6.92 Å². The zero-order chi connectivity index (χ0) is 16.2. The predicted octanol–water partition coefficient (Wildman–Crippen LogP) is 1.80. The fourth-order valence-corrected chi connectivity index (χ4v) is 2.34. The molecule has 0 atom stereocenters. The summed E-state index contributed by atoms with van der Waals surface area (Å²) in [6.45, 7) is 2.09. The molecule has 6 heteroatoms. The van der Waals surface area contributed by atoms with E-state index in [-0.39, 0.29) is 11.1 Å². The van der Waals surface area contributed by atoms with E-state index < -0.39 is 5.91 Å². The SMILES string of the molecule is Cc1ccc(C(=O)NCc2ccccc2-n2ccnc2)c(=O)[nH]1. The van der Waals surface area contributed by atoms with Crippen LogP contribution in [0.3, 0.4) is 0 Å². The second kappa shape index (κ2) is 6.31. The number of hydrogen-bond donors (Lipinski definition) is 2. The number of aromatic nitrogens is 3. The highest BCUT2D eigenvalue weighted by atomic mass is 16.2. The first-order valence-electron chi connectivity index (χ1n) is 7.19. The molecule has 1 aromatic carbocycles. The fraction of sp³-hybridized carbons (Fsp3) is 0.118. The third kappa shape index (κ3) is 3.21. The summed E-state index contributed by atoms with van der Waals surface area (Å²) in [6.07, 6.45) is 5.23. The van der Waals surface area contributed by atoms with E-state index in [1.807, 2.05) is 35.0 Å². The zero-order valence-electron chi connectivity index (χ0n) is 12.6. The van der Waals surface area contributed by atoms with Gasteiger partial charge in [0.25, 0.3) is 11.5 Å². The number of benzene rings is 1. The smallest absolute Gasteiger partial charge is 0.260 e. The van der Waals surface area contributed by atoms with Gasteiger partial charge in [-0.25, -0.2) is 4.98 Å². The van der Waals surface area contributed by atoms with E-state index >= 15 is 0 Å². The second-order valence-corrected chi connectivity index (χ2v) is 5.17. The van der Waals surface area contributed by atoms with Gasteiger partial charge in [-0.2, -0.15) is 0 Å². The van der Waals surface area contributed by atoms with Crippen molar-refractivity contribution < 1.29 is 4.79 Å². The van der Waals surface area contributed by atoms with Crippen molar-refractivity contribution in [3.8, 4) is 5.69 Å². The number of carbonyl (C=O) groups is 1. The van der Waals surface area contributed by atoms with Gasteiger partial charge in [-0.1, -0.05) is 18.2 Å². The quantitative estimate of drug-likeness (QED) is 0.771. The molecule has 0 saturated heterocycles. The minimum Gasteiger partial charge on any atom is -0.348 e. The number of carbonyl (C=O) groups excluding carboxylic acids is 1. The lowest BCUT2D eigenvalue weighted by molar-refractivity contribution is 0.0949. The monoisotopic (exact) mass is 308 g/mol. The highest BCUT2D eigenvalue weighted by Gasteiger charge is 2.11. The van der Waals surface area contributed by atoms with Gasteiger partial charge in [-0.3, -0.25) is 9.59 Å². The average Bonchev–Trinajstić information content (AvgIpc) is 3.07. The number of aromatic amines is 1. The molecule has 0 spiro atoms. The Morgan fingerprint density at radius 3 is 2.83 bits per heavy atom.